The topological polar surface area (TPSA) is 38.7 Å². The van der Waals surface area contributed by atoms with E-state index >= 15 is 0 Å². The highest BCUT2D eigenvalue weighted by Crippen LogP contribution is 2.32. The number of benzene rings is 3. The van der Waals surface area contributed by atoms with Crippen LogP contribution >= 0.6 is 22.6 Å². The van der Waals surface area contributed by atoms with Crippen LogP contribution in [-0.2, 0) is 12.0 Å². The van der Waals surface area contributed by atoms with E-state index in [-0.39, 0.29) is 32.4 Å². The maximum Gasteiger partial charge on any atom is 0.358 e. The number of aryl methyl sites for hydroxylation is 1. The molecule has 0 aliphatic rings. The summed E-state index contributed by atoms with van der Waals surface area (Å²) in [6, 6.07) is 19.1. The predicted octanol–water partition coefficient (Wildman–Crippen LogP) is 3.32. The molecule has 3 rings (SSSR count). The molecule has 158 valence electrons. The van der Waals surface area contributed by atoms with E-state index in [9.17, 15) is 5.11 Å². The third-order valence-corrected chi connectivity index (χ3v) is 8.72. The second kappa shape index (κ2) is 9.77. The zero-order chi connectivity index (χ0) is 21.9. The normalized spacial score (nSPS) is 11.4. The molecule has 0 amide bonds. The van der Waals surface area contributed by atoms with Crippen LogP contribution in [0.3, 0.4) is 0 Å². The van der Waals surface area contributed by atoms with Gasteiger partial charge < -0.3 is 14.6 Å². The number of hydrogen-bond acceptors (Lipinski definition) is 3. The maximum absolute atomic E-state index is 9.98. The Kier molecular flexibility index (Phi) is 7.55. The Bertz CT molecular complexity index is 1020. The molecule has 3 nitrogen and oxygen atoms in total. The highest BCUT2D eigenvalue weighted by atomic mass is 127. The molecule has 0 spiro atoms. The molecule has 30 heavy (non-hydrogen) atoms. The largest absolute Gasteiger partial charge is 0.504 e. The zero-order valence-electron chi connectivity index (χ0n) is 17.9. The fraction of sp³-hybridized carbons (Fsp3) is 0.280. The van der Waals surface area contributed by atoms with E-state index in [1.807, 2.05) is 18.2 Å². The molecule has 0 radical (unpaired) electrons. The van der Waals surface area contributed by atoms with Crippen LogP contribution in [0.15, 0.2) is 54.6 Å². The Morgan fingerprint density at radius 1 is 1.00 bits per heavy atom. The Morgan fingerprint density at radius 2 is 1.70 bits per heavy atom. The molecule has 0 saturated heterocycles. The first-order valence-corrected chi connectivity index (χ1v) is 12.9. The van der Waals surface area contributed by atoms with Crippen molar-refractivity contribution < 1.29 is 35.8 Å². The summed E-state index contributed by atoms with van der Waals surface area (Å²) in [5, 5.41) is 9.98. The maximum atomic E-state index is 9.98. The van der Waals surface area contributed by atoms with E-state index in [4.69, 9.17) is 9.47 Å². The third kappa shape index (κ3) is 5.81. The molecule has 1 N–H and O–H groups in total. The number of phenols is 1. The first-order chi connectivity index (χ1) is 14.2. The smallest absolute Gasteiger partial charge is 0.358 e. The minimum Gasteiger partial charge on any atom is -0.504 e. The second-order valence-corrected chi connectivity index (χ2v) is 12.3. The lowest BCUT2D eigenvalue weighted by atomic mass is 9.87. The van der Waals surface area contributed by atoms with Gasteiger partial charge in [0.15, 0.2) is 18.6 Å². The minimum atomic E-state index is -0.226. The van der Waals surface area contributed by atoms with Gasteiger partial charge in [0.1, 0.15) is 12.4 Å². The van der Waals surface area contributed by atoms with Crippen LogP contribution in [0.2, 0.25) is 0 Å². The van der Waals surface area contributed by atoms with E-state index in [1.165, 1.54) is 18.3 Å². The van der Waals surface area contributed by atoms with E-state index in [2.05, 4.69) is 86.7 Å². The van der Waals surface area contributed by atoms with E-state index in [0.717, 1.165) is 14.9 Å². The summed E-state index contributed by atoms with van der Waals surface area (Å²) < 4.78 is 14.8. The van der Waals surface area contributed by atoms with Gasteiger partial charge in [-0.05, 0) is 88.5 Å². The van der Waals surface area contributed by atoms with Crippen molar-refractivity contribution >= 4 is 22.6 Å². The van der Waals surface area contributed by atoms with Crippen LogP contribution in [0, 0.1) is 17.6 Å². The zero-order valence-corrected chi connectivity index (χ0v) is 22.2. The average Bonchev–Trinajstić information content (AvgIpc) is 2.70. The third-order valence-electron chi connectivity index (χ3n) is 4.76. The summed E-state index contributed by atoms with van der Waals surface area (Å²) in [7, 11) is 1.55. The lowest BCUT2D eigenvalue weighted by Gasteiger charge is -2.18. The van der Waals surface area contributed by atoms with Crippen molar-refractivity contribution in [1.82, 2.24) is 0 Å². The molecular weight excluding hydrogens is 602 g/mol. The van der Waals surface area contributed by atoms with Crippen LogP contribution < -0.4 is 30.7 Å². The van der Waals surface area contributed by atoms with Gasteiger partial charge in [-0.1, -0.05) is 32.9 Å². The van der Waals surface area contributed by atoms with Gasteiger partial charge in [-0.15, -0.1) is 0 Å². The van der Waals surface area contributed by atoms with Crippen molar-refractivity contribution in [3.63, 3.8) is 0 Å². The number of methoxy groups -OCH3 is 1. The molecule has 0 aliphatic carbocycles. The molecule has 5 heteroatoms. The average molecular weight is 629 g/mol. The van der Waals surface area contributed by atoms with Gasteiger partial charge in [0.2, 0.25) is 0 Å². The lowest BCUT2D eigenvalue weighted by molar-refractivity contribution is -0.598. The molecular formula is C25H27I2O3+. The Morgan fingerprint density at radius 3 is 2.30 bits per heavy atom. The molecule has 0 bridgehead atoms. The van der Waals surface area contributed by atoms with E-state index < -0.39 is 0 Å². The standard InChI is InChI=1S/C25H26I2O3/c1-16-12-20(30-15-17-13-21(26)24(28)23(14-17)29-5)10-11-22(16)27-19-8-6-18(7-9-19)25(2,3)4/h6-14H,15H2,1-5H3/p+1. The van der Waals surface area contributed by atoms with Gasteiger partial charge in [0.05, 0.1) is 10.7 Å². The fourth-order valence-electron chi connectivity index (χ4n) is 2.98. The number of phenolic OH excluding ortho intramolecular Hbond substituents is 1. The summed E-state index contributed by atoms with van der Waals surface area (Å²) in [6.07, 6.45) is 0. The summed E-state index contributed by atoms with van der Waals surface area (Å²) in [5.74, 6) is 1.49. The van der Waals surface area contributed by atoms with Gasteiger partial charge in [-0.3, -0.25) is 0 Å². The Hall–Kier alpha value is -1.48. The SMILES string of the molecule is COc1cc(COc2ccc([I+]c3ccc(C(C)(C)C)cc3)c(C)c2)cc(I)c1O. The first-order valence-electron chi connectivity index (χ1n) is 9.71. The molecule has 0 atom stereocenters. The van der Waals surface area contributed by atoms with Gasteiger partial charge in [0.25, 0.3) is 0 Å². The molecule has 0 aliphatic heterocycles. The quantitative estimate of drug-likeness (QED) is 0.426. The molecule has 3 aromatic carbocycles. The lowest BCUT2D eigenvalue weighted by Crippen LogP contribution is -3.61. The van der Waals surface area contributed by atoms with Crippen molar-refractivity contribution in [3.8, 4) is 17.2 Å². The van der Waals surface area contributed by atoms with Gasteiger partial charge >= 0.3 is 21.2 Å². The number of ether oxygens (including phenoxy) is 2. The van der Waals surface area contributed by atoms with Crippen molar-refractivity contribution in [2.75, 3.05) is 7.11 Å². The molecule has 0 fully saturated rings. The monoisotopic (exact) mass is 629 g/mol. The van der Waals surface area contributed by atoms with Crippen LogP contribution in [0.4, 0.5) is 0 Å². The van der Waals surface area contributed by atoms with Crippen molar-refractivity contribution in [2.45, 2.75) is 39.7 Å². The van der Waals surface area contributed by atoms with E-state index in [1.54, 1.807) is 7.11 Å². The number of halogens is 2. The number of aromatic hydroxyl groups is 1. The van der Waals surface area contributed by atoms with Crippen molar-refractivity contribution in [2.24, 2.45) is 0 Å². The molecule has 3 aromatic rings. The van der Waals surface area contributed by atoms with Crippen molar-refractivity contribution in [1.29, 1.82) is 0 Å². The van der Waals surface area contributed by atoms with Crippen LogP contribution in [0.5, 0.6) is 17.2 Å². The van der Waals surface area contributed by atoms with Gasteiger partial charge in [-0.25, -0.2) is 0 Å². The van der Waals surface area contributed by atoms with Crippen LogP contribution in [0.1, 0.15) is 37.5 Å². The Balaban J connectivity index is 1.68. The fourth-order valence-corrected chi connectivity index (χ4v) is 5.97. The molecule has 0 aromatic heterocycles. The van der Waals surface area contributed by atoms with Crippen LogP contribution in [-0.4, -0.2) is 12.2 Å². The van der Waals surface area contributed by atoms with E-state index in [0.29, 0.717) is 12.4 Å². The molecule has 0 unspecified atom stereocenters. The first kappa shape index (κ1) is 23.2. The molecule has 0 heterocycles. The van der Waals surface area contributed by atoms with Crippen LogP contribution in [0.25, 0.3) is 0 Å². The number of rotatable bonds is 6. The Labute approximate surface area is 203 Å². The predicted molar refractivity (Wildman–Crippen MR) is 125 cm³/mol. The van der Waals surface area contributed by atoms with Gasteiger partial charge in [-0.2, -0.15) is 0 Å². The molecule has 0 saturated carbocycles. The van der Waals surface area contributed by atoms with Crippen molar-refractivity contribution in [3.05, 3.63) is 82.0 Å². The highest BCUT2D eigenvalue weighted by molar-refractivity contribution is 14.1. The second-order valence-electron chi connectivity index (χ2n) is 8.18. The summed E-state index contributed by atoms with van der Waals surface area (Å²) >= 11 is 1.87. The summed E-state index contributed by atoms with van der Waals surface area (Å²) in [5.41, 5.74) is 3.78. The summed E-state index contributed by atoms with van der Waals surface area (Å²) in [4.78, 5) is 0. The van der Waals surface area contributed by atoms with Gasteiger partial charge in [0, 0.05) is 5.56 Å². The number of hydrogen-bond donors (Lipinski definition) is 1. The highest BCUT2D eigenvalue weighted by Gasteiger charge is 2.20. The summed E-state index contributed by atoms with van der Waals surface area (Å²) in [6.45, 7) is 9.31. The minimum absolute atomic E-state index is 0.168.